The molecule has 3 rings (SSSR count). The average Bonchev–Trinajstić information content (AvgIpc) is 3.07. The average molecular weight is 381 g/mol. The van der Waals surface area contributed by atoms with Crippen LogP contribution in [0.1, 0.15) is 64.1 Å². The second-order valence-corrected chi connectivity index (χ2v) is 8.29. The minimum atomic E-state index is 0.926. The molecule has 2 aromatic carbocycles. The van der Waals surface area contributed by atoms with Gasteiger partial charge in [0.05, 0.1) is 16.8 Å². The van der Waals surface area contributed by atoms with Crippen molar-refractivity contribution in [2.24, 2.45) is 0 Å². The molecule has 0 unspecified atom stereocenters. The van der Waals surface area contributed by atoms with Crippen molar-refractivity contribution in [2.45, 2.75) is 75.5 Å². The van der Waals surface area contributed by atoms with Gasteiger partial charge in [0.2, 0.25) is 0 Å². The van der Waals surface area contributed by atoms with E-state index in [1.807, 2.05) is 11.8 Å². The van der Waals surface area contributed by atoms with E-state index >= 15 is 0 Å². The molecule has 0 amide bonds. The van der Waals surface area contributed by atoms with Crippen LogP contribution in [0.2, 0.25) is 0 Å². The highest BCUT2D eigenvalue weighted by molar-refractivity contribution is 7.98. The lowest BCUT2D eigenvalue weighted by Crippen LogP contribution is -2.03. The van der Waals surface area contributed by atoms with Crippen LogP contribution in [0.25, 0.3) is 11.0 Å². The van der Waals surface area contributed by atoms with Crippen LogP contribution >= 0.6 is 11.8 Å². The molecular formula is C24H32N2S. The highest BCUT2D eigenvalue weighted by atomic mass is 32.2. The number of imidazole rings is 1. The van der Waals surface area contributed by atoms with Crippen molar-refractivity contribution in [3.05, 3.63) is 60.4 Å². The van der Waals surface area contributed by atoms with E-state index < -0.39 is 0 Å². The topological polar surface area (TPSA) is 17.8 Å². The fourth-order valence-electron chi connectivity index (χ4n) is 3.55. The molecule has 144 valence electrons. The lowest BCUT2D eigenvalue weighted by atomic mass is 10.1. The van der Waals surface area contributed by atoms with E-state index in [-0.39, 0.29) is 0 Å². The van der Waals surface area contributed by atoms with Gasteiger partial charge in [-0.25, -0.2) is 4.98 Å². The molecular weight excluding hydrogens is 348 g/mol. The Morgan fingerprint density at radius 2 is 1.44 bits per heavy atom. The highest BCUT2D eigenvalue weighted by Crippen LogP contribution is 2.25. The molecule has 0 aliphatic carbocycles. The molecule has 0 saturated carbocycles. The predicted octanol–water partition coefficient (Wildman–Crippen LogP) is 7.47. The van der Waals surface area contributed by atoms with Crippen molar-refractivity contribution in [1.82, 2.24) is 9.55 Å². The number of hydrogen-bond donors (Lipinski definition) is 0. The van der Waals surface area contributed by atoms with Gasteiger partial charge < -0.3 is 4.57 Å². The van der Waals surface area contributed by atoms with Crippen molar-refractivity contribution in [1.29, 1.82) is 0 Å². The SMILES string of the molecule is CCCCCCCCCCn1c(CSc2ccccc2)nc2ccccc21. The van der Waals surface area contributed by atoms with Crippen LogP contribution < -0.4 is 0 Å². The van der Waals surface area contributed by atoms with Gasteiger partial charge in [-0.05, 0) is 30.7 Å². The van der Waals surface area contributed by atoms with Gasteiger partial charge in [-0.15, -0.1) is 11.8 Å². The van der Waals surface area contributed by atoms with E-state index in [1.54, 1.807) is 0 Å². The number of benzene rings is 2. The van der Waals surface area contributed by atoms with E-state index in [1.165, 1.54) is 67.6 Å². The monoisotopic (exact) mass is 380 g/mol. The van der Waals surface area contributed by atoms with Crippen LogP contribution in [0.4, 0.5) is 0 Å². The summed E-state index contributed by atoms with van der Waals surface area (Å²) < 4.78 is 2.45. The molecule has 0 fully saturated rings. The first-order valence-corrected chi connectivity index (χ1v) is 11.5. The Bertz CT molecular complexity index is 795. The van der Waals surface area contributed by atoms with Crippen molar-refractivity contribution in [2.75, 3.05) is 0 Å². The molecule has 1 aromatic heterocycles. The summed E-state index contributed by atoms with van der Waals surface area (Å²) in [6.45, 7) is 3.36. The summed E-state index contributed by atoms with van der Waals surface area (Å²) >= 11 is 1.87. The van der Waals surface area contributed by atoms with Crippen LogP contribution in [0, 0.1) is 0 Å². The summed E-state index contributed by atoms with van der Waals surface area (Å²) in [5.74, 6) is 2.13. The predicted molar refractivity (Wildman–Crippen MR) is 118 cm³/mol. The number of hydrogen-bond acceptors (Lipinski definition) is 2. The van der Waals surface area contributed by atoms with Crippen LogP contribution in [0.3, 0.4) is 0 Å². The molecule has 0 saturated heterocycles. The fourth-order valence-corrected chi connectivity index (χ4v) is 4.42. The number of aromatic nitrogens is 2. The molecule has 0 radical (unpaired) electrons. The van der Waals surface area contributed by atoms with Gasteiger partial charge in [0, 0.05) is 11.4 Å². The van der Waals surface area contributed by atoms with E-state index in [9.17, 15) is 0 Å². The molecule has 2 nitrogen and oxygen atoms in total. The first-order chi connectivity index (χ1) is 13.4. The molecule has 0 atom stereocenters. The van der Waals surface area contributed by atoms with Gasteiger partial charge in [-0.3, -0.25) is 0 Å². The number of para-hydroxylation sites is 2. The normalized spacial score (nSPS) is 11.3. The van der Waals surface area contributed by atoms with Gasteiger partial charge in [0.1, 0.15) is 5.82 Å². The Hall–Kier alpha value is -1.74. The Morgan fingerprint density at radius 3 is 2.22 bits per heavy atom. The second-order valence-electron chi connectivity index (χ2n) is 7.24. The number of fused-ring (bicyclic) bond motifs is 1. The van der Waals surface area contributed by atoms with Gasteiger partial charge in [-0.1, -0.05) is 82.2 Å². The summed E-state index contributed by atoms with van der Waals surface area (Å²) in [7, 11) is 0. The smallest absolute Gasteiger partial charge is 0.120 e. The quantitative estimate of drug-likeness (QED) is 0.239. The Kier molecular flexibility index (Phi) is 8.29. The molecule has 27 heavy (non-hydrogen) atoms. The molecule has 3 heteroatoms. The van der Waals surface area contributed by atoms with Crippen molar-refractivity contribution in [3.63, 3.8) is 0 Å². The third-order valence-corrected chi connectivity index (χ3v) is 6.09. The van der Waals surface area contributed by atoms with Gasteiger partial charge >= 0.3 is 0 Å². The van der Waals surface area contributed by atoms with E-state index in [2.05, 4.69) is 66.1 Å². The van der Waals surface area contributed by atoms with E-state index in [4.69, 9.17) is 4.98 Å². The molecule has 0 aliphatic heterocycles. The third-order valence-electron chi connectivity index (χ3n) is 5.08. The fraction of sp³-hybridized carbons (Fsp3) is 0.458. The van der Waals surface area contributed by atoms with Gasteiger partial charge in [0.25, 0.3) is 0 Å². The van der Waals surface area contributed by atoms with Crippen LogP contribution in [-0.4, -0.2) is 9.55 Å². The number of rotatable bonds is 12. The maximum atomic E-state index is 4.92. The zero-order valence-corrected chi connectivity index (χ0v) is 17.4. The summed E-state index contributed by atoms with van der Waals surface area (Å²) in [6.07, 6.45) is 10.9. The van der Waals surface area contributed by atoms with Crippen LogP contribution in [0.5, 0.6) is 0 Å². The zero-order chi connectivity index (χ0) is 18.7. The third kappa shape index (κ3) is 6.14. The van der Waals surface area contributed by atoms with E-state index in [0.29, 0.717) is 0 Å². The largest absolute Gasteiger partial charge is 0.327 e. The summed E-state index contributed by atoms with van der Waals surface area (Å²) in [4.78, 5) is 6.23. The van der Waals surface area contributed by atoms with Crippen molar-refractivity contribution < 1.29 is 0 Å². The summed E-state index contributed by atoms with van der Waals surface area (Å²) in [5, 5.41) is 0. The molecule has 0 aliphatic rings. The molecule has 0 bridgehead atoms. The first-order valence-electron chi connectivity index (χ1n) is 10.5. The maximum Gasteiger partial charge on any atom is 0.120 e. The maximum absolute atomic E-state index is 4.92. The van der Waals surface area contributed by atoms with Gasteiger partial charge in [-0.2, -0.15) is 0 Å². The van der Waals surface area contributed by atoms with Crippen LogP contribution in [-0.2, 0) is 12.3 Å². The standard InChI is InChI=1S/C24H32N2S/c1-2-3-4-5-6-7-8-14-19-26-23-18-13-12-17-22(23)25-24(26)20-27-21-15-10-9-11-16-21/h9-13,15-18H,2-8,14,19-20H2,1H3. The Morgan fingerprint density at radius 1 is 0.778 bits per heavy atom. The van der Waals surface area contributed by atoms with Crippen molar-refractivity contribution >= 4 is 22.8 Å². The van der Waals surface area contributed by atoms with Crippen LogP contribution in [0.15, 0.2) is 59.5 Å². The second kappa shape index (κ2) is 11.2. The minimum absolute atomic E-state index is 0.926. The zero-order valence-electron chi connectivity index (χ0n) is 16.6. The van der Waals surface area contributed by atoms with E-state index in [0.717, 1.165) is 17.8 Å². The molecule has 0 N–H and O–H groups in total. The van der Waals surface area contributed by atoms with Gasteiger partial charge in [0.15, 0.2) is 0 Å². The van der Waals surface area contributed by atoms with Crippen molar-refractivity contribution in [3.8, 4) is 0 Å². The molecule has 3 aromatic rings. The number of nitrogens with zero attached hydrogens (tertiary/aromatic N) is 2. The Balaban J connectivity index is 1.56. The number of aryl methyl sites for hydroxylation is 1. The highest BCUT2D eigenvalue weighted by Gasteiger charge is 2.10. The summed E-state index contributed by atoms with van der Waals surface area (Å²) in [5.41, 5.74) is 2.41. The lowest BCUT2D eigenvalue weighted by molar-refractivity contribution is 0.543. The summed E-state index contributed by atoms with van der Waals surface area (Å²) in [6, 6.07) is 19.2. The lowest BCUT2D eigenvalue weighted by Gasteiger charge is -2.09. The first kappa shape index (κ1) is 20.0. The minimum Gasteiger partial charge on any atom is -0.327 e. The Labute approximate surface area is 168 Å². The molecule has 1 heterocycles. The molecule has 0 spiro atoms. The number of thioether (sulfide) groups is 1. The number of unbranched alkanes of at least 4 members (excludes halogenated alkanes) is 7.